The molecule has 1 heterocycles. The standard InChI is InChI=1S/C25H26F2N2O6/c1-34-15-24(22(31)32)11-6-12-29(24)21(30)25(26,27)14-28-23(33)35-13-20-18-9-4-2-7-16(18)17-8-3-5-10-19(17)20/h2-5,7-10,20H,6,11-15H2,1H3,(H,28,33)(H,31,32). The molecule has 0 radical (unpaired) electrons. The van der Waals surface area contributed by atoms with E-state index < -0.39 is 42.6 Å². The van der Waals surface area contributed by atoms with Gasteiger partial charge in [-0.05, 0) is 35.1 Å². The van der Waals surface area contributed by atoms with Crippen LogP contribution in [0.1, 0.15) is 29.9 Å². The van der Waals surface area contributed by atoms with Crippen LogP contribution in [-0.2, 0) is 19.1 Å². The number of benzene rings is 2. The predicted octanol–water partition coefficient (Wildman–Crippen LogP) is 3.25. The fourth-order valence-electron chi connectivity index (χ4n) is 4.95. The Morgan fingerprint density at radius 3 is 2.29 bits per heavy atom. The summed E-state index contributed by atoms with van der Waals surface area (Å²) in [4.78, 5) is 37.3. The molecule has 0 saturated carbocycles. The maximum absolute atomic E-state index is 14.7. The monoisotopic (exact) mass is 488 g/mol. The number of amides is 2. The normalized spacial score (nSPS) is 19.2. The maximum Gasteiger partial charge on any atom is 0.407 e. The van der Waals surface area contributed by atoms with E-state index in [2.05, 4.69) is 0 Å². The summed E-state index contributed by atoms with van der Waals surface area (Å²) in [6, 6.07) is 15.4. The van der Waals surface area contributed by atoms with Crippen molar-refractivity contribution in [3.05, 3.63) is 59.7 Å². The Kier molecular flexibility index (Phi) is 6.75. The van der Waals surface area contributed by atoms with Gasteiger partial charge < -0.3 is 24.8 Å². The average molecular weight is 488 g/mol. The first-order valence-corrected chi connectivity index (χ1v) is 11.2. The highest BCUT2D eigenvalue weighted by Gasteiger charge is 2.56. The van der Waals surface area contributed by atoms with Gasteiger partial charge in [-0.25, -0.2) is 9.59 Å². The lowest BCUT2D eigenvalue weighted by molar-refractivity contribution is -0.172. The summed E-state index contributed by atoms with van der Waals surface area (Å²) >= 11 is 0. The van der Waals surface area contributed by atoms with E-state index in [1.165, 1.54) is 7.11 Å². The maximum atomic E-state index is 14.7. The summed E-state index contributed by atoms with van der Waals surface area (Å²) in [5.74, 6) is -7.35. The molecule has 8 nitrogen and oxygen atoms in total. The van der Waals surface area contributed by atoms with Crippen molar-refractivity contribution < 1.29 is 37.7 Å². The minimum Gasteiger partial charge on any atom is -0.479 e. The third-order valence-corrected chi connectivity index (χ3v) is 6.63. The quantitative estimate of drug-likeness (QED) is 0.591. The molecule has 1 atom stereocenters. The average Bonchev–Trinajstić information content (AvgIpc) is 3.41. The number of fused-ring (bicyclic) bond motifs is 3. The van der Waals surface area contributed by atoms with Crippen molar-refractivity contribution in [3.8, 4) is 11.1 Å². The number of alkyl carbamates (subject to hydrolysis) is 1. The van der Waals surface area contributed by atoms with Crippen molar-refractivity contribution in [2.45, 2.75) is 30.2 Å². The van der Waals surface area contributed by atoms with E-state index in [1.807, 2.05) is 53.8 Å². The summed E-state index contributed by atoms with van der Waals surface area (Å²) in [7, 11) is 1.24. The molecule has 2 aromatic rings. The third kappa shape index (κ3) is 4.45. The van der Waals surface area contributed by atoms with Crippen LogP contribution >= 0.6 is 0 Å². The van der Waals surface area contributed by atoms with E-state index in [0.717, 1.165) is 22.3 Å². The Morgan fingerprint density at radius 2 is 1.71 bits per heavy atom. The molecule has 2 N–H and O–H groups in total. The second-order valence-corrected chi connectivity index (χ2v) is 8.71. The van der Waals surface area contributed by atoms with Crippen LogP contribution in [0.5, 0.6) is 0 Å². The minimum absolute atomic E-state index is 0.00218. The summed E-state index contributed by atoms with van der Waals surface area (Å²) < 4.78 is 39.6. The SMILES string of the molecule is COCC1(C(=O)O)CCCN1C(=O)C(F)(F)CNC(=O)OCC1c2ccccc2-c2ccccc21. The molecule has 1 unspecified atom stereocenters. The van der Waals surface area contributed by atoms with Crippen LogP contribution in [0.3, 0.4) is 0 Å². The van der Waals surface area contributed by atoms with Gasteiger partial charge in [-0.15, -0.1) is 0 Å². The lowest BCUT2D eigenvalue weighted by Gasteiger charge is -2.35. The van der Waals surface area contributed by atoms with E-state index in [4.69, 9.17) is 9.47 Å². The molecular formula is C25H26F2N2O6. The molecule has 35 heavy (non-hydrogen) atoms. The highest BCUT2D eigenvalue weighted by molar-refractivity contribution is 5.91. The first-order chi connectivity index (χ1) is 16.7. The number of methoxy groups -OCH3 is 1. The zero-order chi connectivity index (χ0) is 25.2. The zero-order valence-corrected chi connectivity index (χ0v) is 19.1. The Morgan fingerprint density at radius 1 is 1.11 bits per heavy atom. The van der Waals surface area contributed by atoms with E-state index in [-0.39, 0.29) is 31.9 Å². The van der Waals surface area contributed by atoms with Crippen LogP contribution in [-0.4, -0.2) is 72.9 Å². The van der Waals surface area contributed by atoms with Crippen LogP contribution in [0.2, 0.25) is 0 Å². The molecule has 1 aliphatic heterocycles. The van der Waals surface area contributed by atoms with Crippen LogP contribution < -0.4 is 5.32 Å². The van der Waals surface area contributed by atoms with Gasteiger partial charge in [0.2, 0.25) is 0 Å². The summed E-state index contributed by atoms with van der Waals surface area (Å²) in [5.41, 5.74) is 2.13. The molecule has 1 aliphatic carbocycles. The van der Waals surface area contributed by atoms with Gasteiger partial charge >= 0.3 is 18.0 Å². The number of carbonyl (C=O) groups excluding carboxylic acids is 2. The molecule has 2 aliphatic rings. The number of aliphatic carboxylic acids is 1. The lowest BCUT2D eigenvalue weighted by atomic mass is 9.97. The summed E-state index contributed by atoms with van der Waals surface area (Å²) in [5, 5.41) is 11.6. The molecule has 2 aromatic carbocycles. The lowest BCUT2D eigenvalue weighted by Crippen LogP contribution is -2.61. The largest absolute Gasteiger partial charge is 0.479 e. The summed E-state index contributed by atoms with van der Waals surface area (Å²) in [6.45, 7) is -1.94. The number of hydrogen-bond donors (Lipinski definition) is 2. The number of likely N-dealkylation sites (tertiary alicyclic amines) is 1. The number of ether oxygens (including phenoxy) is 2. The first-order valence-electron chi connectivity index (χ1n) is 11.2. The van der Waals surface area contributed by atoms with Crippen molar-refractivity contribution in [2.24, 2.45) is 0 Å². The Bertz CT molecular complexity index is 1090. The fraction of sp³-hybridized carbons (Fsp3) is 0.400. The van der Waals surface area contributed by atoms with Gasteiger partial charge in [0.1, 0.15) is 6.61 Å². The highest BCUT2D eigenvalue weighted by atomic mass is 19.3. The Labute approximate surface area is 200 Å². The molecule has 10 heteroatoms. The number of carbonyl (C=O) groups is 3. The van der Waals surface area contributed by atoms with Gasteiger partial charge in [0, 0.05) is 19.6 Å². The number of halogens is 2. The number of carboxylic acid groups (broad SMARTS) is 1. The van der Waals surface area contributed by atoms with Crippen molar-refractivity contribution in [3.63, 3.8) is 0 Å². The van der Waals surface area contributed by atoms with Gasteiger partial charge in [-0.2, -0.15) is 8.78 Å². The van der Waals surface area contributed by atoms with Gasteiger partial charge in [0.25, 0.3) is 5.91 Å². The molecule has 0 bridgehead atoms. The number of rotatable bonds is 8. The van der Waals surface area contributed by atoms with Gasteiger partial charge in [0.15, 0.2) is 5.54 Å². The number of nitrogens with zero attached hydrogens (tertiary/aromatic N) is 1. The molecule has 4 rings (SSSR count). The number of carboxylic acids is 1. The van der Waals surface area contributed by atoms with Crippen LogP contribution in [0, 0.1) is 0 Å². The highest BCUT2D eigenvalue weighted by Crippen LogP contribution is 2.44. The van der Waals surface area contributed by atoms with E-state index in [1.54, 1.807) is 0 Å². The van der Waals surface area contributed by atoms with E-state index in [9.17, 15) is 28.3 Å². The second-order valence-electron chi connectivity index (χ2n) is 8.71. The fourth-order valence-corrected chi connectivity index (χ4v) is 4.95. The van der Waals surface area contributed by atoms with Gasteiger partial charge in [0.05, 0.1) is 13.2 Å². The topological polar surface area (TPSA) is 105 Å². The second kappa shape index (κ2) is 9.61. The predicted molar refractivity (Wildman–Crippen MR) is 121 cm³/mol. The van der Waals surface area contributed by atoms with Gasteiger partial charge in [-0.1, -0.05) is 48.5 Å². The number of hydrogen-bond acceptors (Lipinski definition) is 5. The van der Waals surface area contributed by atoms with Crippen LogP contribution in [0.4, 0.5) is 13.6 Å². The van der Waals surface area contributed by atoms with Crippen LogP contribution in [0.25, 0.3) is 11.1 Å². The summed E-state index contributed by atoms with van der Waals surface area (Å²) in [6.07, 6.45) is -0.850. The van der Waals surface area contributed by atoms with E-state index >= 15 is 0 Å². The number of nitrogens with one attached hydrogen (secondary N) is 1. The molecule has 1 fully saturated rings. The van der Waals surface area contributed by atoms with Crippen molar-refractivity contribution in [2.75, 3.05) is 33.4 Å². The molecule has 0 spiro atoms. The van der Waals surface area contributed by atoms with Crippen LogP contribution in [0.15, 0.2) is 48.5 Å². The molecule has 1 saturated heterocycles. The van der Waals surface area contributed by atoms with Crippen molar-refractivity contribution in [1.82, 2.24) is 10.2 Å². The first kappa shape index (κ1) is 24.6. The van der Waals surface area contributed by atoms with Crippen molar-refractivity contribution >= 4 is 18.0 Å². The third-order valence-electron chi connectivity index (χ3n) is 6.63. The van der Waals surface area contributed by atoms with Crippen molar-refractivity contribution in [1.29, 1.82) is 0 Å². The smallest absolute Gasteiger partial charge is 0.407 e. The van der Waals surface area contributed by atoms with E-state index in [0.29, 0.717) is 4.90 Å². The Hall–Kier alpha value is -3.53. The zero-order valence-electron chi connectivity index (χ0n) is 19.1. The minimum atomic E-state index is -4.02. The van der Waals surface area contributed by atoms with Gasteiger partial charge in [-0.3, -0.25) is 4.79 Å². The molecule has 186 valence electrons. The molecule has 2 amide bonds. The molecular weight excluding hydrogens is 462 g/mol. The Balaban J connectivity index is 1.38. The molecule has 0 aromatic heterocycles. The number of alkyl halides is 2.